The van der Waals surface area contributed by atoms with E-state index in [-0.39, 0.29) is 11.5 Å². The van der Waals surface area contributed by atoms with Gasteiger partial charge in [0.15, 0.2) is 0 Å². The van der Waals surface area contributed by atoms with Gasteiger partial charge in [0.1, 0.15) is 5.60 Å². The summed E-state index contributed by atoms with van der Waals surface area (Å²) in [5.74, 6) is 1.42. The van der Waals surface area contributed by atoms with Crippen LogP contribution in [0.3, 0.4) is 0 Å². The van der Waals surface area contributed by atoms with Gasteiger partial charge in [-0.3, -0.25) is 4.79 Å². The first-order valence-electron chi connectivity index (χ1n) is 8.69. The van der Waals surface area contributed by atoms with Crippen LogP contribution in [0.2, 0.25) is 0 Å². The molecule has 1 amide bonds. The number of carbonyl (C=O) groups is 1. The van der Waals surface area contributed by atoms with Gasteiger partial charge in [0.2, 0.25) is 11.8 Å². The Bertz CT molecular complexity index is 514. The van der Waals surface area contributed by atoms with E-state index >= 15 is 0 Å². The molecule has 1 aromatic heterocycles. The maximum absolute atomic E-state index is 12.1. The van der Waals surface area contributed by atoms with Gasteiger partial charge < -0.3 is 14.4 Å². The Balaban J connectivity index is 1.45. The van der Waals surface area contributed by atoms with E-state index in [4.69, 9.17) is 9.47 Å². The molecule has 0 N–H and O–H groups in total. The summed E-state index contributed by atoms with van der Waals surface area (Å²) in [6.45, 7) is 5.07. The van der Waals surface area contributed by atoms with Crippen LogP contribution in [0.1, 0.15) is 39.0 Å². The van der Waals surface area contributed by atoms with Gasteiger partial charge in [0.05, 0.1) is 19.7 Å². The number of ether oxygens (including phenoxy) is 2. The van der Waals surface area contributed by atoms with E-state index < -0.39 is 0 Å². The van der Waals surface area contributed by atoms with Crippen LogP contribution in [0.25, 0.3) is 0 Å². The van der Waals surface area contributed by atoms with E-state index in [1.54, 1.807) is 6.20 Å². The predicted octanol–water partition coefficient (Wildman–Crippen LogP) is 2.66. The van der Waals surface area contributed by atoms with Crippen LogP contribution in [-0.2, 0) is 9.53 Å². The highest BCUT2D eigenvalue weighted by Crippen LogP contribution is 2.41. The highest BCUT2D eigenvalue weighted by Gasteiger charge is 2.53. The molecular weight excluding hydrogens is 292 g/mol. The average Bonchev–Trinajstić information content (AvgIpc) is 2.96. The first-order valence-corrected chi connectivity index (χ1v) is 8.69. The van der Waals surface area contributed by atoms with Gasteiger partial charge in [-0.2, -0.15) is 0 Å². The second-order valence-electron chi connectivity index (χ2n) is 6.56. The van der Waals surface area contributed by atoms with E-state index in [1.165, 1.54) is 0 Å². The average molecular weight is 318 g/mol. The maximum Gasteiger partial charge on any atom is 0.222 e. The molecule has 0 bridgehead atoms. The fourth-order valence-corrected chi connectivity index (χ4v) is 3.54. The van der Waals surface area contributed by atoms with Crippen molar-refractivity contribution < 1.29 is 14.3 Å². The van der Waals surface area contributed by atoms with Crippen molar-refractivity contribution in [3.63, 3.8) is 0 Å². The largest absolute Gasteiger partial charge is 0.478 e. The van der Waals surface area contributed by atoms with Crippen LogP contribution < -0.4 is 4.74 Å². The van der Waals surface area contributed by atoms with Crippen molar-refractivity contribution in [1.29, 1.82) is 0 Å². The summed E-state index contributed by atoms with van der Waals surface area (Å²) in [5.41, 5.74) is -0.116. The van der Waals surface area contributed by atoms with Crippen LogP contribution in [0.5, 0.6) is 5.88 Å². The lowest BCUT2D eigenvalue weighted by Gasteiger charge is -2.50. The quantitative estimate of drug-likeness (QED) is 0.775. The molecule has 2 aliphatic heterocycles. The van der Waals surface area contributed by atoms with Crippen molar-refractivity contribution in [2.45, 2.75) is 44.6 Å². The summed E-state index contributed by atoms with van der Waals surface area (Å²) < 4.78 is 11.7. The van der Waals surface area contributed by atoms with Crippen molar-refractivity contribution in [3.05, 3.63) is 24.4 Å². The lowest BCUT2D eigenvalue weighted by Crippen LogP contribution is -2.66. The summed E-state index contributed by atoms with van der Waals surface area (Å²) in [5, 5.41) is 0. The maximum atomic E-state index is 12.1. The Morgan fingerprint density at radius 2 is 2.35 bits per heavy atom. The Labute approximate surface area is 138 Å². The molecule has 126 valence electrons. The molecule has 0 unspecified atom stereocenters. The highest BCUT2D eigenvalue weighted by molar-refractivity contribution is 5.77. The Morgan fingerprint density at radius 1 is 1.48 bits per heavy atom. The molecule has 0 aliphatic carbocycles. The van der Waals surface area contributed by atoms with Gasteiger partial charge in [-0.25, -0.2) is 4.98 Å². The molecule has 0 radical (unpaired) electrons. The smallest absolute Gasteiger partial charge is 0.222 e. The number of hydrogen-bond acceptors (Lipinski definition) is 4. The molecule has 5 nitrogen and oxygen atoms in total. The number of pyridine rings is 1. The second-order valence-corrected chi connectivity index (χ2v) is 6.56. The molecule has 2 saturated heterocycles. The van der Waals surface area contributed by atoms with E-state index in [0.29, 0.717) is 24.8 Å². The number of carbonyl (C=O) groups excluding carboxylic acids is 1. The number of unbranched alkanes of at least 4 members (excludes halogenated alkanes) is 1. The molecule has 1 spiro atoms. The fourth-order valence-electron chi connectivity index (χ4n) is 3.54. The summed E-state index contributed by atoms with van der Waals surface area (Å²) in [7, 11) is 0. The first kappa shape index (κ1) is 16.2. The number of hydrogen-bond donors (Lipinski definition) is 0. The zero-order valence-corrected chi connectivity index (χ0v) is 13.9. The van der Waals surface area contributed by atoms with Crippen LogP contribution in [0, 0.1) is 5.92 Å². The van der Waals surface area contributed by atoms with Gasteiger partial charge in [0.25, 0.3) is 0 Å². The predicted molar refractivity (Wildman–Crippen MR) is 87.2 cm³/mol. The Kier molecular flexibility index (Phi) is 5.16. The van der Waals surface area contributed by atoms with Gasteiger partial charge in [-0.05, 0) is 31.2 Å². The minimum absolute atomic E-state index is 0.116. The molecule has 2 aliphatic rings. The summed E-state index contributed by atoms with van der Waals surface area (Å²) in [4.78, 5) is 18.2. The molecule has 0 aromatic carbocycles. The van der Waals surface area contributed by atoms with E-state index in [1.807, 2.05) is 23.1 Å². The molecule has 3 heterocycles. The zero-order valence-electron chi connectivity index (χ0n) is 13.9. The normalized spacial score (nSPS) is 22.1. The van der Waals surface area contributed by atoms with Crippen LogP contribution >= 0.6 is 0 Å². The fraction of sp³-hybridized carbons (Fsp3) is 0.667. The first-order chi connectivity index (χ1) is 11.2. The second kappa shape index (κ2) is 7.30. The van der Waals surface area contributed by atoms with Gasteiger partial charge in [0, 0.05) is 25.3 Å². The molecule has 0 saturated carbocycles. The van der Waals surface area contributed by atoms with E-state index in [0.717, 1.165) is 45.4 Å². The van der Waals surface area contributed by atoms with Gasteiger partial charge in [-0.15, -0.1) is 0 Å². The lowest BCUT2D eigenvalue weighted by atomic mass is 9.79. The minimum Gasteiger partial charge on any atom is -0.478 e. The molecular formula is C18H26N2O3. The molecule has 23 heavy (non-hydrogen) atoms. The molecule has 1 atom stereocenters. The molecule has 2 fully saturated rings. The number of aromatic nitrogens is 1. The zero-order chi connectivity index (χ0) is 16.1. The van der Waals surface area contributed by atoms with Gasteiger partial charge >= 0.3 is 0 Å². The van der Waals surface area contributed by atoms with E-state index in [2.05, 4.69) is 11.9 Å². The molecule has 3 rings (SSSR count). The summed E-state index contributed by atoms with van der Waals surface area (Å²) >= 11 is 0. The standard InChI is InChI=1S/C18H26N2O3/c1-2-3-7-17(21)20-13-18(14-20)15(9-12-23-18)8-11-22-16-6-4-5-10-19-16/h4-6,10,15H,2-3,7-9,11-14H2,1H3/t15-/m0/s1. The Hall–Kier alpha value is -1.62. The van der Waals surface area contributed by atoms with Crippen molar-refractivity contribution >= 4 is 5.91 Å². The van der Waals surface area contributed by atoms with Crippen LogP contribution in [-0.4, -0.2) is 47.7 Å². The highest BCUT2D eigenvalue weighted by atomic mass is 16.5. The summed E-state index contributed by atoms with van der Waals surface area (Å²) in [6, 6.07) is 5.68. The van der Waals surface area contributed by atoms with Crippen LogP contribution in [0.4, 0.5) is 0 Å². The van der Waals surface area contributed by atoms with Crippen molar-refractivity contribution in [3.8, 4) is 5.88 Å². The van der Waals surface area contributed by atoms with Crippen molar-refractivity contribution in [2.24, 2.45) is 5.92 Å². The number of likely N-dealkylation sites (tertiary alicyclic amines) is 1. The third-order valence-electron chi connectivity index (χ3n) is 4.97. The molecule has 1 aromatic rings. The number of nitrogens with zero attached hydrogens (tertiary/aromatic N) is 2. The minimum atomic E-state index is -0.116. The Morgan fingerprint density at radius 3 is 3.09 bits per heavy atom. The van der Waals surface area contributed by atoms with Crippen molar-refractivity contribution in [1.82, 2.24) is 9.88 Å². The third-order valence-corrected chi connectivity index (χ3v) is 4.97. The third kappa shape index (κ3) is 3.66. The summed E-state index contributed by atoms with van der Waals surface area (Å²) in [6.07, 6.45) is 6.45. The van der Waals surface area contributed by atoms with E-state index in [9.17, 15) is 4.79 Å². The van der Waals surface area contributed by atoms with Crippen molar-refractivity contribution in [2.75, 3.05) is 26.3 Å². The van der Waals surface area contributed by atoms with Crippen LogP contribution in [0.15, 0.2) is 24.4 Å². The number of amides is 1. The SMILES string of the molecule is CCCCC(=O)N1CC2(C1)OCC[C@@H]2CCOc1ccccn1. The topological polar surface area (TPSA) is 51.7 Å². The lowest BCUT2D eigenvalue weighted by molar-refractivity contribution is -0.165. The van der Waals surface area contributed by atoms with Gasteiger partial charge in [-0.1, -0.05) is 19.4 Å². The number of rotatable bonds is 7. The molecule has 5 heteroatoms. The monoisotopic (exact) mass is 318 g/mol.